The molecule has 1 atom stereocenters. The SMILES string of the molecule is CC(C)(C)[S@](=O)N=Cc1ccc(OCC(F)(F)F)cc1. The molecule has 0 amide bonds. The molecule has 0 unspecified atom stereocenters. The molecule has 20 heavy (non-hydrogen) atoms. The molecule has 0 fully saturated rings. The average Bonchev–Trinajstić information content (AvgIpc) is 2.32. The molecule has 0 aromatic heterocycles. The molecule has 0 heterocycles. The Balaban J connectivity index is 2.63. The molecule has 1 aromatic carbocycles. The molecule has 0 N–H and O–H groups in total. The number of benzene rings is 1. The summed E-state index contributed by atoms with van der Waals surface area (Å²) in [6, 6.07) is 5.92. The molecule has 1 rings (SSSR count). The lowest BCUT2D eigenvalue weighted by atomic mass is 10.2. The predicted molar refractivity (Wildman–Crippen MR) is 73.5 cm³/mol. The summed E-state index contributed by atoms with van der Waals surface area (Å²) in [4.78, 5) is 0. The molecule has 1 aromatic rings. The minimum absolute atomic E-state index is 0.122. The third-order valence-electron chi connectivity index (χ3n) is 2.10. The highest BCUT2D eigenvalue weighted by Gasteiger charge is 2.28. The van der Waals surface area contributed by atoms with Crippen molar-refractivity contribution in [2.24, 2.45) is 4.40 Å². The van der Waals surface area contributed by atoms with Crippen LogP contribution in [0.25, 0.3) is 0 Å². The van der Waals surface area contributed by atoms with Crippen LogP contribution in [0.3, 0.4) is 0 Å². The van der Waals surface area contributed by atoms with Crippen molar-refractivity contribution in [2.45, 2.75) is 31.7 Å². The van der Waals surface area contributed by atoms with Gasteiger partial charge in [-0.05, 0) is 50.6 Å². The minimum atomic E-state index is -4.36. The second kappa shape index (κ2) is 6.39. The Kier molecular flexibility index (Phi) is 5.33. The maximum atomic E-state index is 12.0. The predicted octanol–water partition coefficient (Wildman–Crippen LogP) is 3.51. The summed E-state index contributed by atoms with van der Waals surface area (Å²) in [6.45, 7) is 4.08. The zero-order valence-corrected chi connectivity index (χ0v) is 12.2. The van der Waals surface area contributed by atoms with Gasteiger partial charge < -0.3 is 4.74 Å². The van der Waals surface area contributed by atoms with E-state index >= 15 is 0 Å². The quantitative estimate of drug-likeness (QED) is 0.798. The number of nitrogens with zero attached hydrogens (tertiary/aromatic N) is 1. The topological polar surface area (TPSA) is 38.7 Å². The smallest absolute Gasteiger partial charge is 0.422 e. The second-order valence-electron chi connectivity index (χ2n) is 5.07. The summed E-state index contributed by atoms with van der Waals surface area (Å²) in [6.07, 6.45) is -2.93. The monoisotopic (exact) mass is 307 g/mol. The fourth-order valence-corrected chi connectivity index (χ4v) is 1.62. The maximum absolute atomic E-state index is 12.0. The third-order valence-corrected chi connectivity index (χ3v) is 3.45. The summed E-state index contributed by atoms with van der Waals surface area (Å²) < 4.78 is 55.6. The van der Waals surface area contributed by atoms with Crippen molar-refractivity contribution in [2.75, 3.05) is 6.61 Å². The zero-order valence-electron chi connectivity index (χ0n) is 11.4. The van der Waals surface area contributed by atoms with E-state index in [1.54, 1.807) is 32.9 Å². The van der Waals surface area contributed by atoms with Crippen LogP contribution in [0.5, 0.6) is 5.75 Å². The minimum Gasteiger partial charge on any atom is -0.484 e. The van der Waals surface area contributed by atoms with E-state index < -0.39 is 28.5 Å². The summed E-state index contributed by atoms with van der Waals surface area (Å²) in [5.41, 5.74) is 0.641. The first-order valence-corrected chi connectivity index (χ1v) is 6.94. The summed E-state index contributed by atoms with van der Waals surface area (Å²) in [5, 5.41) is 0. The Labute approximate surface area is 118 Å². The van der Waals surface area contributed by atoms with E-state index in [9.17, 15) is 17.4 Å². The lowest BCUT2D eigenvalue weighted by molar-refractivity contribution is -0.153. The molecule has 0 aliphatic heterocycles. The van der Waals surface area contributed by atoms with E-state index in [4.69, 9.17) is 0 Å². The molecule has 0 aliphatic carbocycles. The summed E-state index contributed by atoms with van der Waals surface area (Å²) in [7, 11) is -1.37. The lowest BCUT2D eigenvalue weighted by Gasteiger charge is -2.12. The Hall–Kier alpha value is -1.37. The van der Waals surface area contributed by atoms with Gasteiger partial charge in [-0.2, -0.15) is 17.6 Å². The fourth-order valence-electron chi connectivity index (χ4n) is 1.08. The first-order valence-electron chi connectivity index (χ1n) is 5.83. The Morgan fingerprint density at radius 1 is 1.20 bits per heavy atom. The molecule has 0 spiro atoms. The molecule has 112 valence electrons. The molecule has 0 saturated heterocycles. The van der Waals surface area contributed by atoms with Crippen LogP contribution in [0.2, 0.25) is 0 Å². The number of alkyl halides is 3. The first-order chi connectivity index (χ1) is 9.08. The largest absolute Gasteiger partial charge is 0.484 e. The Bertz CT molecular complexity index is 490. The first kappa shape index (κ1) is 16.7. The van der Waals surface area contributed by atoms with Gasteiger partial charge in [-0.3, -0.25) is 0 Å². The van der Waals surface area contributed by atoms with Crippen molar-refractivity contribution in [3.63, 3.8) is 0 Å². The highest BCUT2D eigenvalue weighted by atomic mass is 32.2. The number of halogens is 3. The van der Waals surface area contributed by atoms with Gasteiger partial charge in [0.25, 0.3) is 0 Å². The van der Waals surface area contributed by atoms with Gasteiger partial charge in [-0.15, -0.1) is 0 Å². The standard InChI is InChI=1S/C13H16F3NO2S/c1-12(2,3)20(18)17-8-10-4-6-11(7-5-10)19-9-13(14,15)16/h4-8H,9H2,1-3H3/t20-/m0/s1. The summed E-state index contributed by atoms with van der Waals surface area (Å²) >= 11 is 0. The van der Waals surface area contributed by atoms with Crippen LogP contribution in [-0.4, -0.2) is 28.0 Å². The van der Waals surface area contributed by atoms with Gasteiger partial charge in [0, 0.05) is 6.21 Å². The van der Waals surface area contributed by atoms with Crippen LogP contribution in [0.4, 0.5) is 13.2 Å². The van der Waals surface area contributed by atoms with Crippen LogP contribution in [0.1, 0.15) is 26.3 Å². The van der Waals surface area contributed by atoms with E-state index in [0.29, 0.717) is 5.56 Å². The van der Waals surface area contributed by atoms with Gasteiger partial charge >= 0.3 is 6.18 Å². The Morgan fingerprint density at radius 3 is 2.20 bits per heavy atom. The Morgan fingerprint density at radius 2 is 1.75 bits per heavy atom. The highest BCUT2D eigenvalue weighted by molar-refractivity contribution is 7.85. The van der Waals surface area contributed by atoms with Crippen LogP contribution < -0.4 is 4.74 Å². The van der Waals surface area contributed by atoms with E-state index in [-0.39, 0.29) is 5.75 Å². The van der Waals surface area contributed by atoms with E-state index in [1.165, 1.54) is 18.3 Å². The van der Waals surface area contributed by atoms with Crippen molar-refractivity contribution >= 4 is 17.2 Å². The van der Waals surface area contributed by atoms with Gasteiger partial charge in [-0.1, -0.05) is 0 Å². The van der Waals surface area contributed by atoms with Crippen LogP contribution in [0, 0.1) is 0 Å². The van der Waals surface area contributed by atoms with Crippen molar-refractivity contribution in [3.8, 4) is 5.75 Å². The van der Waals surface area contributed by atoms with E-state index in [1.807, 2.05) is 0 Å². The molecule has 3 nitrogen and oxygen atoms in total. The molecular weight excluding hydrogens is 291 g/mol. The highest BCUT2D eigenvalue weighted by Crippen LogP contribution is 2.18. The van der Waals surface area contributed by atoms with E-state index in [2.05, 4.69) is 9.13 Å². The van der Waals surface area contributed by atoms with Gasteiger partial charge in [0.15, 0.2) is 6.61 Å². The van der Waals surface area contributed by atoms with Crippen molar-refractivity contribution in [1.29, 1.82) is 0 Å². The molecular formula is C13H16F3NO2S. The van der Waals surface area contributed by atoms with Crippen molar-refractivity contribution in [1.82, 2.24) is 0 Å². The van der Waals surface area contributed by atoms with Crippen LogP contribution >= 0.6 is 0 Å². The van der Waals surface area contributed by atoms with Gasteiger partial charge in [0.2, 0.25) is 0 Å². The second-order valence-corrected chi connectivity index (χ2v) is 7.00. The summed E-state index contributed by atoms with van der Waals surface area (Å²) in [5.74, 6) is 0.122. The van der Waals surface area contributed by atoms with E-state index in [0.717, 1.165) is 0 Å². The van der Waals surface area contributed by atoms with Crippen molar-refractivity contribution in [3.05, 3.63) is 29.8 Å². The maximum Gasteiger partial charge on any atom is 0.422 e. The average molecular weight is 307 g/mol. The lowest BCUT2D eigenvalue weighted by Crippen LogP contribution is -2.19. The van der Waals surface area contributed by atoms with Crippen LogP contribution in [0.15, 0.2) is 28.7 Å². The third kappa shape index (κ3) is 6.18. The number of ether oxygens (including phenoxy) is 1. The molecule has 0 radical (unpaired) electrons. The molecule has 0 saturated carbocycles. The van der Waals surface area contributed by atoms with Gasteiger partial charge in [0.05, 0.1) is 4.75 Å². The number of rotatable bonds is 4. The van der Waals surface area contributed by atoms with Gasteiger partial charge in [0.1, 0.15) is 16.7 Å². The van der Waals surface area contributed by atoms with Gasteiger partial charge in [-0.25, -0.2) is 4.21 Å². The number of hydrogen-bond acceptors (Lipinski definition) is 2. The van der Waals surface area contributed by atoms with Crippen LogP contribution in [-0.2, 0) is 11.0 Å². The molecule has 7 heteroatoms. The van der Waals surface area contributed by atoms with Crippen molar-refractivity contribution < 1.29 is 22.1 Å². The molecule has 0 bridgehead atoms. The number of hydrogen-bond donors (Lipinski definition) is 0. The molecule has 0 aliphatic rings. The zero-order chi connectivity index (χ0) is 15.4. The fraction of sp³-hybridized carbons (Fsp3) is 0.462. The normalized spacial score (nSPS) is 14.5.